The van der Waals surface area contributed by atoms with Gasteiger partial charge < -0.3 is 15.7 Å². The number of hydrogen-bond acceptors (Lipinski definition) is 6. The first kappa shape index (κ1) is 23.7. The van der Waals surface area contributed by atoms with Crippen LogP contribution in [-0.2, 0) is 19.6 Å². The van der Waals surface area contributed by atoms with Gasteiger partial charge in [0.2, 0.25) is 15.9 Å². The van der Waals surface area contributed by atoms with Gasteiger partial charge in [0.05, 0.1) is 18.4 Å². The van der Waals surface area contributed by atoms with Gasteiger partial charge in [0.15, 0.2) is 0 Å². The van der Waals surface area contributed by atoms with Crippen molar-refractivity contribution in [2.45, 2.75) is 74.9 Å². The summed E-state index contributed by atoms with van der Waals surface area (Å²) in [6.07, 6.45) is 0.949. The zero-order valence-electron chi connectivity index (χ0n) is 16.8. The van der Waals surface area contributed by atoms with Crippen LogP contribution in [0.3, 0.4) is 0 Å². The quantitative estimate of drug-likeness (QED) is 0.622. The number of carbonyl (C=O) groups excluding carboxylic acids is 1. The molecule has 0 spiro atoms. The van der Waals surface area contributed by atoms with E-state index in [0.717, 1.165) is 25.7 Å². The zero-order chi connectivity index (χ0) is 23.3. The van der Waals surface area contributed by atoms with Crippen molar-refractivity contribution < 1.29 is 36.3 Å². The number of nitrogens with zero attached hydrogens (tertiary/aromatic N) is 3. The van der Waals surface area contributed by atoms with Crippen molar-refractivity contribution in [1.29, 1.82) is 5.26 Å². The third-order valence-corrected chi connectivity index (χ3v) is 7.99. The highest BCUT2D eigenvalue weighted by atomic mass is 32.2. The molecule has 4 aliphatic rings. The van der Waals surface area contributed by atoms with Crippen LogP contribution in [0, 0.1) is 23.2 Å². The van der Waals surface area contributed by atoms with Crippen LogP contribution in [0.1, 0.15) is 38.5 Å². The van der Waals surface area contributed by atoms with Crippen molar-refractivity contribution in [3.05, 3.63) is 0 Å². The zero-order valence-corrected chi connectivity index (χ0v) is 17.6. The van der Waals surface area contributed by atoms with Gasteiger partial charge in [-0.2, -0.15) is 22.7 Å². The molecule has 2 bridgehead atoms. The van der Waals surface area contributed by atoms with Crippen molar-refractivity contribution in [1.82, 2.24) is 9.21 Å². The molecule has 0 radical (unpaired) electrons. The van der Waals surface area contributed by atoms with Crippen molar-refractivity contribution in [2.24, 2.45) is 17.6 Å². The summed E-state index contributed by atoms with van der Waals surface area (Å²) in [5.41, 5.74) is 6.31. The number of carboxylic acid groups (broad SMARTS) is 1. The molecule has 3 aliphatic heterocycles. The minimum atomic E-state index is -5.08. The van der Waals surface area contributed by atoms with Crippen molar-refractivity contribution in [3.8, 4) is 6.07 Å². The Balaban J connectivity index is 0.000000339. The molecule has 4 fully saturated rings. The lowest BCUT2D eigenvalue weighted by atomic mass is 9.85. The van der Waals surface area contributed by atoms with Crippen LogP contribution in [-0.4, -0.2) is 77.2 Å². The maximum Gasteiger partial charge on any atom is 0.490 e. The van der Waals surface area contributed by atoms with Gasteiger partial charge in [0.1, 0.15) is 6.04 Å². The molecule has 0 aromatic heterocycles. The lowest BCUT2D eigenvalue weighted by Crippen LogP contribution is -2.55. The Labute approximate surface area is 178 Å². The summed E-state index contributed by atoms with van der Waals surface area (Å²) in [6, 6.07) is 1.44. The second-order valence-corrected chi connectivity index (χ2v) is 10.6. The fraction of sp³-hybridized carbons (Fsp3) is 0.833. The molecule has 3 N–H and O–H groups in total. The Morgan fingerprint density at radius 3 is 2.10 bits per heavy atom. The van der Waals surface area contributed by atoms with E-state index >= 15 is 0 Å². The van der Waals surface area contributed by atoms with E-state index in [-0.39, 0.29) is 36.0 Å². The average Bonchev–Trinajstić information content (AvgIpc) is 3.23. The van der Waals surface area contributed by atoms with Gasteiger partial charge in [-0.3, -0.25) is 4.79 Å². The standard InChI is InChI=1S/C16H24N4O3S.C2HF3O2/c1-24(22,23)20-11-2-3-12(20)6-10(5-11)15(18)16(21)19-13(8-17)4-9-7-14(9)19;3-2(4,5)1(6)7/h9-15H,2-7,18H2,1H3;(H,6,7)/t9-,10?,11?,12?,13+,14+,15+;/m1./s1. The Morgan fingerprint density at radius 2 is 1.68 bits per heavy atom. The molecule has 3 heterocycles. The Hall–Kier alpha value is -1.91. The van der Waals surface area contributed by atoms with Gasteiger partial charge in [-0.05, 0) is 50.4 Å². The van der Waals surface area contributed by atoms with E-state index in [1.165, 1.54) is 6.26 Å². The topological polar surface area (TPSA) is 145 Å². The van der Waals surface area contributed by atoms with Crippen LogP contribution in [0.15, 0.2) is 0 Å². The van der Waals surface area contributed by atoms with Gasteiger partial charge in [-0.25, -0.2) is 13.2 Å². The van der Waals surface area contributed by atoms with Gasteiger partial charge in [0.25, 0.3) is 0 Å². The molecule has 2 unspecified atom stereocenters. The summed E-state index contributed by atoms with van der Waals surface area (Å²) in [7, 11) is -3.21. The fourth-order valence-electron chi connectivity index (χ4n) is 5.27. The minimum Gasteiger partial charge on any atom is -0.475 e. The first-order chi connectivity index (χ1) is 14.3. The molecule has 31 heavy (non-hydrogen) atoms. The highest BCUT2D eigenvalue weighted by Gasteiger charge is 2.56. The summed E-state index contributed by atoms with van der Waals surface area (Å²) >= 11 is 0. The first-order valence-electron chi connectivity index (χ1n) is 10.0. The number of piperidine rings is 2. The molecule has 4 rings (SSSR count). The number of rotatable bonds is 3. The van der Waals surface area contributed by atoms with Crippen LogP contribution >= 0.6 is 0 Å². The van der Waals surface area contributed by atoms with E-state index in [0.29, 0.717) is 18.8 Å². The number of sulfonamides is 1. The summed E-state index contributed by atoms with van der Waals surface area (Å²) in [4.78, 5) is 23.5. The molecule has 3 saturated heterocycles. The third kappa shape index (κ3) is 4.80. The Bertz CT molecular complexity index is 876. The number of halogens is 3. The molecule has 174 valence electrons. The number of alkyl halides is 3. The maximum atomic E-state index is 12.9. The van der Waals surface area contributed by atoms with E-state index < -0.39 is 28.2 Å². The largest absolute Gasteiger partial charge is 0.490 e. The number of nitrogens with two attached hydrogens (primary N) is 1. The highest BCUT2D eigenvalue weighted by Crippen LogP contribution is 2.48. The average molecular weight is 466 g/mol. The van der Waals surface area contributed by atoms with Gasteiger partial charge >= 0.3 is 12.1 Å². The minimum absolute atomic E-state index is 0.00476. The predicted molar refractivity (Wildman–Crippen MR) is 101 cm³/mol. The number of fused-ring (bicyclic) bond motifs is 3. The Kier molecular flexibility index (Phi) is 6.29. The summed E-state index contributed by atoms with van der Waals surface area (Å²) in [5, 5.41) is 16.4. The number of hydrogen-bond donors (Lipinski definition) is 2. The van der Waals surface area contributed by atoms with E-state index in [4.69, 9.17) is 15.6 Å². The SMILES string of the molecule is CS(=O)(=O)N1C2CCC1CC([C@H](N)C(=O)N1[C@H](C#N)C[C@@H]3C[C@@H]31)C2.O=C(O)C(F)(F)F. The molecule has 0 aromatic rings. The molecule has 1 saturated carbocycles. The molecule has 9 nitrogen and oxygen atoms in total. The van der Waals surface area contributed by atoms with Gasteiger partial charge in [0, 0.05) is 18.1 Å². The lowest BCUT2D eigenvalue weighted by molar-refractivity contribution is -0.192. The van der Waals surface area contributed by atoms with E-state index in [2.05, 4.69) is 6.07 Å². The Morgan fingerprint density at radius 1 is 1.16 bits per heavy atom. The number of carbonyl (C=O) groups is 2. The van der Waals surface area contributed by atoms with Crippen LogP contribution in [0.4, 0.5) is 13.2 Å². The second kappa shape index (κ2) is 8.22. The molecular formula is C18H25F3N4O5S. The van der Waals surface area contributed by atoms with Crippen LogP contribution in [0.2, 0.25) is 0 Å². The van der Waals surface area contributed by atoms with Crippen molar-refractivity contribution in [2.75, 3.05) is 6.26 Å². The highest BCUT2D eigenvalue weighted by molar-refractivity contribution is 7.88. The molecule has 0 aromatic carbocycles. The van der Waals surface area contributed by atoms with Crippen LogP contribution in [0.5, 0.6) is 0 Å². The van der Waals surface area contributed by atoms with E-state index in [9.17, 15) is 31.6 Å². The van der Waals surface area contributed by atoms with Gasteiger partial charge in [-0.1, -0.05) is 0 Å². The lowest BCUT2D eigenvalue weighted by Gasteiger charge is -2.40. The van der Waals surface area contributed by atoms with Gasteiger partial charge in [-0.15, -0.1) is 0 Å². The molecule has 6 atom stereocenters. The first-order valence-corrected chi connectivity index (χ1v) is 11.9. The molecular weight excluding hydrogens is 441 g/mol. The summed E-state index contributed by atoms with van der Waals surface area (Å²) < 4.78 is 57.3. The third-order valence-electron chi connectivity index (χ3n) is 6.63. The van der Waals surface area contributed by atoms with Crippen LogP contribution in [0.25, 0.3) is 0 Å². The predicted octanol–water partition coefficient (Wildman–Crippen LogP) is 0.663. The van der Waals surface area contributed by atoms with E-state index in [1.807, 2.05) is 0 Å². The van der Waals surface area contributed by atoms with Crippen molar-refractivity contribution >= 4 is 21.9 Å². The monoisotopic (exact) mass is 466 g/mol. The number of likely N-dealkylation sites (tertiary alicyclic amines) is 1. The molecule has 13 heteroatoms. The number of nitriles is 1. The molecule has 1 aliphatic carbocycles. The normalized spacial score (nSPS) is 35.4. The number of amides is 1. The second-order valence-electron chi connectivity index (χ2n) is 8.73. The maximum absolute atomic E-state index is 12.9. The van der Waals surface area contributed by atoms with E-state index in [1.54, 1.807) is 9.21 Å². The smallest absolute Gasteiger partial charge is 0.475 e. The molecule has 1 amide bonds. The fourth-order valence-corrected chi connectivity index (χ4v) is 6.74. The van der Waals surface area contributed by atoms with Crippen LogP contribution < -0.4 is 5.73 Å². The summed E-state index contributed by atoms with van der Waals surface area (Å²) in [5.74, 6) is -2.38. The number of aliphatic carboxylic acids is 1. The number of carboxylic acids is 1. The summed E-state index contributed by atoms with van der Waals surface area (Å²) in [6.45, 7) is 0. The van der Waals surface area contributed by atoms with Crippen molar-refractivity contribution in [3.63, 3.8) is 0 Å².